The Labute approximate surface area is 294 Å². The smallest absolute Gasteiger partial charge is 0.236 e. The van der Waals surface area contributed by atoms with Crippen molar-refractivity contribution < 1.29 is 14.7 Å². The van der Waals surface area contributed by atoms with Gasteiger partial charge in [0.15, 0.2) is 0 Å². The van der Waals surface area contributed by atoms with Gasteiger partial charge in [0.1, 0.15) is 6.79 Å². The van der Waals surface area contributed by atoms with Gasteiger partial charge in [-0.25, -0.2) is 0 Å². The molecule has 7 heteroatoms. The lowest BCUT2D eigenvalue weighted by molar-refractivity contribution is -0.130. The minimum atomic E-state index is 0.180. The number of rotatable bonds is 6. The van der Waals surface area contributed by atoms with Gasteiger partial charge >= 0.3 is 0 Å². The van der Waals surface area contributed by atoms with Crippen LogP contribution in [0.5, 0.6) is 0 Å². The number of fused-ring (bicyclic) bond motifs is 2. The fourth-order valence-corrected chi connectivity index (χ4v) is 4.79. The second-order valence-corrected chi connectivity index (χ2v) is 12.8. The molecule has 1 atom stereocenters. The molecule has 0 bridgehead atoms. The number of allylic oxidation sites excluding steroid dienone is 4. The second kappa shape index (κ2) is 26.6. The van der Waals surface area contributed by atoms with Crippen molar-refractivity contribution in [2.24, 2.45) is 0 Å². The van der Waals surface area contributed by atoms with Gasteiger partial charge in [0.05, 0.1) is 13.2 Å². The Morgan fingerprint density at radius 2 is 1.60 bits per heavy atom. The summed E-state index contributed by atoms with van der Waals surface area (Å²) in [5.74, 6) is 0.180. The van der Waals surface area contributed by atoms with Crippen molar-refractivity contribution >= 4 is 12.7 Å². The molecule has 270 valence electrons. The molecule has 2 heterocycles. The van der Waals surface area contributed by atoms with Crippen molar-refractivity contribution in [1.29, 1.82) is 0 Å². The van der Waals surface area contributed by atoms with Crippen LogP contribution >= 0.6 is 0 Å². The number of carbonyl (C=O) groups is 2. The molecule has 2 aliphatic rings. The first-order chi connectivity index (χ1) is 22.8. The quantitative estimate of drug-likeness (QED) is 0.330. The van der Waals surface area contributed by atoms with Gasteiger partial charge in [-0.15, -0.1) is 0 Å². The topological polar surface area (TPSA) is 76.1 Å². The van der Waals surface area contributed by atoms with Crippen LogP contribution in [0.1, 0.15) is 75.8 Å². The predicted molar refractivity (Wildman–Crippen MR) is 208 cm³/mol. The summed E-state index contributed by atoms with van der Waals surface area (Å²) in [5.41, 5.74) is 8.36. The van der Waals surface area contributed by atoms with E-state index < -0.39 is 0 Å². The first-order valence-electron chi connectivity index (χ1n) is 17.1. The van der Waals surface area contributed by atoms with Crippen LogP contribution in [0.25, 0.3) is 0 Å². The van der Waals surface area contributed by atoms with Crippen LogP contribution in [-0.2, 0) is 40.9 Å². The van der Waals surface area contributed by atoms with Gasteiger partial charge in [0.25, 0.3) is 0 Å². The highest BCUT2D eigenvalue weighted by Gasteiger charge is 2.24. The van der Waals surface area contributed by atoms with Crippen molar-refractivity contribution in [3.63, 3.8) is 0 Å². The van der Waals surface area contributed by atoms with Gasteiger partial charge in [-0.05, 0) is 73.6 Å². The van der Waals surface area contributed by atoms with Gasteiger partial charge in [0, 0.05) is 39.8 Å². The fraction of sp³-hybridized carbons (Fsp3) is 0.512. The minimum Gasteiger partial charge on any atom is -0.395 e. The number of hydrogen-bond acceptors (Lipinski definition) is 6. The molecule has 2 aromatic rings. The van der Waals surface area contributed by atoms with Crippen LogP contribution < -0.4 is 5.32 Å². The van der Waals surface area contributed by atoms with Gasteiger partial charge < -0.3 is 20.1 Å². The van der Waals surface area contributed by atoms with E-state index >= 15 is 0 Å². The van der Waals surface area contributed by atoms with Crippen molar-refractivity contribution in [3.8, 4) is 0 Å². The molecule has 7 nitrogen and oxygen atoms in total. The Balaban J connectivity index is 0. The molecule has 0 spiro atoms. The van der Waals surface area contributed by atoms with Crippen LogP contribution in [-0.4, -0.2) is 93.5 Å². The molecule has 2 N–H and O–H groups in total. The number of amides is 1. The van der Waals surface area contributed by atoms with Gasteiger partial charge in [0.2, 0.25) is 5.91 Å². The molecule has 2 aliphatic heterocycles. The van der Waals surface area contributed by atoms with E-state index in [1.165, 1.54) is 27.8 Å². The van der Waals surface area contributed by atoms with E-state index in [2.05, 4.69) is 105 Å². The number of likely N-dealkylation sites (N-methyl/N-ethyl adjacent to an activating group) is 2. The summed E-state index contributed by atoms with van der Waals surface area (Å²) in [6, 6.07) is 15.6. The average Bonchev–Trinajstić information content (AvgIpc) is 3.08. The number of nitrogens with zero attached hydrogens (tertiary/aromatic N) is 3. The molecule has 48 heavy (non-hydrogen) atoms. The van der Waals surface area contributed by atoms with Crippen LogP contribution in [0.3, 0.4) is 0 Å². The lowest BCUT2D eigenvalue weighted by atomic mass is 9.83. The maximum absolute atomic E-state index is 11.6. The maximum Gasteiger partial charge on any atom is 0.236 e. The Hall–Kier alpha value is -3.36. The molecule has 0 fully saturated rings. The maximum atomic E-state index is 11.6. The zero-order chi connectivity index (χ0) is 37.3. The fourth-order valence-electron chi connectivity index (χ4n) is 4.79. The van der Waals surface area contributed by atoms with E-state index in [-0.39, 0.29) is 24.0 Å². The third-order valence-corrected chi connectivity index (χ3v) is 7.77. The largest absolute Gasteiger partial charge is 0.395 e. The summed E-state index contributed by atoms with van der Waals surface area (Å²) >= 11 is 0. The summed E-state index contributed by atoms with van der Waals surface area (Å²) in [6.07, 6.45) is 8.65. The molecule has 0 aliphatic carbocycles. The van der Waals surface area contributed by atoms with Crippen LogP contribution in [0.15, 0.2) is 79.4 Å². The monoisotopic (exact) mass is 665 g/mol. The lowest BCUT2D eigenvalue weighted by Gasteiger charge is -2.34. The number of nitrogens with one attached hydrogen (secondary N) is 1. The molecular formula is C41H68N4O3. The molecular weight excluding hydrogens is 596 g/mol. The van der Waals surface area contributed by atoms with Crippen LogP contribution in [0, 0.1) is 0 Å². The summed E-state index contributed by atoms with van der Waals surface area (Å²) in [5, 5.41) is 12.1. The van der Waals surface area contributed by atoms with E-state index in [4.69, 9.17) is 4.79 Å². The van der Waals surface area contributed by atoms with E-state index in [1.807, 2.05) is 46.9 Å². The third-order valence-electron chi connectivity index (χ3n) is 7.77. The van der Waals surface area contributed by atoms with E-state index in [9.17, 15) is 9.90 Å². The zero-order valence-corrected chi connectivity index (χ0v) is 32.2. The summed E-state index contributed by atoms with van der Waals surface area (Å²) in [7, 11) is 9.45. The highest BCUT2D eigenvalue weighted by atomic mass is 16.3. The second-order valence-electron chi connectivity index (χ2n) is 12.8. The summed E-state index contributed by atoms with van der Waals surface area (Å²) < 4.78 is 0. The predicted octanol–water partition coefficient (Wildman–Crippen LogP) is 6.84. The van der Waals surface area contributed by atoms with Gasteiger partial charge in [-0.3, -0.25) is 14.6 Å². The van der Waals surface area contributed by atoms with Crippen molar-refractivity contribution in [1.82, 2.24) is 20.0 Å². The summed E-state index contributed by atoms with van der Waals surface area (Å²) in [4.78, 5) is 25.7. The van der Waals surface area contributed by atoms with Crippen LogP contribution in [0.4, 0.5) is 0 Å². The standard InChI is InChI=1S/C15H23NO.C13H18N2O.C8H12.C2H7N.C2H6.CH2O/c1-15(2,3)13-6-5-11-8-14(10-17)16(4)9-12(11)7-13;1-14(2)13(16)10-15-8-7-11-5-3-4-6-12(11)9-15;1-4-6-7-8(3)5-2;1-3-2;2*1-2/h5-7,14,17H,8-10H2,1-4H3;3-6H,7-10H2,1-2H3;4,6-7H,1,3,5H2,2H3;3H,1-2H3;1-2H3;1H2/b;;7-6-;;;. The minimum absolute atomic E-state index is 0.180. The van der Waals surface area contributed by atoms with Gasteiger partial charge in [-0.1, -0.05) is 121 Å². The normalized spacial score (nSPS) is 15.0. The summed E-state index contributed by atoms with van der Waals surface area (Å²) in [6.45, 7) is 25.7. The first-order valence-corrected chi connectivity index (χ1v) is 17.1. The molecule has 1 amide bonds. The Morgan fingerprint density at radius 1 is 1.02 bits per heavy atom. The molecule has 1 unspecified atom stereocenters. The average molecular weight is 665 g/mol. The van der Waals surface area contributed by atoms with Crippen LogP contribution in [0.2, 0.25) is 0 Å². The number of benzene rings is 2. The third kappa shape index (κ3) is 18.3. The SMILES string of the molecule is C=C/C=C\C(=C)CC.C=O.CC.CN(C)C(=O)CN1CCc2ccccc2C1.CN1Cc2cc(C(C)(C)C)ccc2CC1CO.CNC. The molecule has 0 saturated heterocycles. The molecule has 0 saturated carbocycles. The highest BCUT2D eigenvalue weighted by molar-refractivity contribution is 5.77. The van der Waals surface area contributed by atoms with Crippen molar-refractivity contribution in [2.75, 3.05) is 54.9 Å². The van der Waals surface area contributed by atoms with Crippen molar-refractivity contribution in [2.45, 2.75) is 85.4 Å². The number of carbonyl (C=O) groups excluding carboxylic acids is 2. The molecule has 4 rings (SSSR count). The molecule has 2 aromatic carbocycles. The Kier molecular flexibility index (Phi) is 25.9. The van der Waals surface area contributed by atoms with Gasteiger partial charge in [-0.2, -0.15) is 0 Å². The zero-order valence-electron chi connectivity index (χ0n) is 32.2. The number of hydrogen-bond donors (Lipinski definition) is 2. The Morgan fingerprint density at radius 3 is 2.10 bits per heavy atom. The number of aliphatic hydroxyl groups excluding tert-OH is 1. The highest BCUT2D eigenvalue weighted by Crippen LogP contribution is 2.28. The van der Waals surface area contributed by atoms with Crippen molar-refractivity contribution in [3.05, 3.63) is 107 Å². The lowest BCUT2D eigenvalue weighted by Crippen LogP contribution is -2.40. The molecule has 0 aromatic heterocycles. The van der Waals surface area contributed by atoms with E-state index in [1.54, 1.807) is 25.1 Å². The number of aliphatic hydroxyl groups is 1. The Bertz CT molecular complexity index is 1220. The van der Waals surface area contributed by atoms with E-state index in [0.29, 0.717) is 6.54 Å². The molecule has 0 radical (unpaired) electrons. The van der Waals surface area contributed by atoms with E-state index in [0.717, 1.165) is 44.5 Å². The first kappa shape index (κ1) is 46.8.